The van der Waals surface area contributed by atoms with E-state index >= 15 is 0 Å². The normalized spacial score (nSPS) is 11.9. The molecule has 0 atom stereocenters. The lowest BCUT2D eigenvalue weighted by atomic mass is 10.1. The topological polar surface area (TPSA) is 43.1 Å². The van der Waals surface area contributed by atoms with Gasteiger partial charge in [0.25, 0.3) is 0 Å². The minimum Gasteiger partial charge on any atom is -0.254 e. The molecular formula is C18H9BrClF3N4. The number of hydrogen-bond donors (Lipinski definition) is 0. The Morgan fingerprint density at radius 1 is 0.963 bits per heavy atom. The quantitative estimate of drug-likeness (QED) is 0.380. The first kappa shape index (κ1) is 17.9. The first-order valence-electron chi connectivity index (χ1n) is 7.67. The minimum atomic E-state index is -4.51. The third-order valence-electron chi connectivity index (χ3n) is 3.91. The average Bonchev–Trinajstić information content (AvgIpc) is 2.98. The van der Waals surface area contributed by atoms with Gasteiger partial charge >= 0.3 is 6.18 Å². The molecule has 9 heteroatoms. The van der Waals surface area contributed by atoms with Crippen LogP contribution in [0.2, 0.25) is 5.02 Å². The van der Waals surface area contributed by atoms with E-state index in [2.05, 4.69) is 31.0 Å². The van der Waals surface area contributed by atoms with E-state index in [-0.39, 0.29) is 10.7 Å². The van der Waals surface area contributed by atoms with Crippen LogP contribution < -0.4 is 0 Å². The molecule has 4 nitrogen and oxygen atoms in total. The fourth-order valence-corrected chi connectivity index (χ4v) is 3.48. The van der Waals surface area contributed by atoms with Crippen molar-refractivity contribution in [2.75, 3.05) is 0 Å². The molecule has 0 fully saturated rings. The summed E-state index contributed by atoms with van der Waals surface area (Å²) in [6.45, 7) is 0. The molecule has 4 rings (SSSR count). The lowest BCUT2D eigenvalue weighted by molar-refractivity contribution is -0.137. The molecule has 0 aliphatic heterocycles. The summed E-state index contributed by atoms with van der Waals surface area (Å²) in [6, 6.07) is 10.4. The van der Waals surface area contributed by atoms with Crippen molar-refractivity contribution in [3.8, 4) is 22.5 Å². The summed E-state index contributed by atoms with van der Waals surface area (Å²) in [5.41, 5.74) is 1.93. The second-order valence-corrected chi connectivity index (χ2v) is 6.89. The summed E-state index contributed by atoms with van der Waals surface area (Å²) in [4.78, 5) is 8.21. The van der Waals surface area contributed by atoms with Gasteiger partial charge in [0.15, 0.2) is 5.65 Å². The van der Waals surface area contributed by atoms with Crippen molar-refractivity contribution in [3.63, 3.8) is 0 Å². The van der Waals surface area contributed by atoms with E-state index in [1.54, 1.807) is 6.20 Å². The molecule has 1 aromatic carbocycles. The van der Waals surface area contributed by atoms with Crippen LogP contribution in [0.25, 0.3) is 28.2 Å². The van der Waals surface area contributed by atoms with Crippen LogP contribution in [0, 0.1) is 0 Å². The Balaban J connectivity index is 1.81. The monoisotopic (exact) mass is 452 g/mol. The highest BCUT2D eigenvalue weighted by atomic mass is 79.9. The van der Waals surface area contributed by atoms with Gasteiger partial charge in [0.05, 0.1) is 20.8 Å². The molecule has 0 N–H and O–H groups in total. The lowest BCUT2D eigenvalue weighted by Crippen LogP contribution is -2.06. The minimum absolute atomic E-state index is 0.111. The molecule has 136 valence electrons. The largest absolute Gasteiger partial charge is 0.417 e. The second-order valence-electron chi connectivity index (χ2n) is 5.69. The Morgan fingerprint density at radius 3 is 2.37 bits per heavy atom. The van der Waals surface area contributed by atoms with E-state index in [1.807, 2.05) is 30.3 Å². The SMILES string of the molecule is FC(F)(F)c1cnc(-c2cnc3c(Br)c(-c4ccccc4)nn3c2)c(Cl)c1. The van der Waals surface area contributed by atoms with E-state index in [4.69, 9.17) is 11.6 Å². The average molecular weight is 454 g/mol. The first-order valence-corrected chi connectivity index (χ1v) is 8.84. The molecule has 0 bridgehead atoms. The molecule has 0 radical (unpaired) electrons. The van der Waals surface area contributed by atoms with Crippen molar-refractivity contribution in [1.82, 2.24) is 19.6 Å². The first-order chi connectivity index (χ1) is 12.8. The number of benzene rings is 1. The van der Waals surface area contributed by atoms with Crippen molar-refractivity contribution in [1.29, 1.82) is 0 Å². The van der Waals surface area contributed by atoms with Gasteiger partial charge in [-0.05, 0) is 22.0 Å². The van der Waals surface area contributed by atoms with Gasteiger partial charge in [-0.2, -0.15) is 18.3 Å². The molecule has 27 heavy (non-hydrogen) atoms. The smallest absolute Gasteiger partial charge is 0.254 e. The molecular weight excluding hydrogens is 445 g/mol. The van der Waals surface area contributed by atoms with Crippen LogP contribution in [0.1, 0.15) is 5.56 Å². The fourth-order valence-electron chi connectivity index (χ4n) is 2.62. The van der Waals surface area contributed by atoms with Crippen molar-refractivity contribution in [2.45, 2.75) is 6.18 Å². The van der Waals surface area contributed by atoms with Gasteiger partial charge in [0, 0.05) is 29.7 Å². The Morgan fingerprint density at radius 2 is 1.70 bits per heavy atom. The Hall–Kier alpha value is -2.45. The maximum absolute atomic E-state index is 12.8. The summed E-state index contributed by atoms with van der Waals surface area (Å²) >= 11 is 9.53. The highest BCUT2D eigenvalue weighted by molar-refractivity contribution is 9.10. The van der Waals surface area contributed by atoms with Crippen molar-refractivity contribution >= 4 is 33.2 Å². The zero-order chi connectivity index (χ0) is 19.2. The summed E-state index contributed by atoms with van der Waals surface area (Å²) in [5, 5.41) is 4.40. The van der Waals surface area contributed by atoms with E-state index < -0.39 is 11.7 Å². The van der Waals surface area contributed by atoms with E-state index in [0.717, 1.165) is 17.8 Å². The van der Waals surface area contributed by atoms with Crippen LogP contribution >= 0.6 is 27.5 Å². The molecule has 0 aliphatic carbocycles. The van der Waals surface area contributed by atoms with Crippen LogP contribution in [-0.4, -0.2) is 19.6 Å². The van der Waals surface area contributed by atoms with Gasteiger partial charge in [-0.3, -0.25) is 4.98 Å². The third-order valence-corrected chi connectivity index (χ3v) is 4.92. The van der Waals surface area contributed by atoms with Gasteiger partial charge in [-0.25, -0.2) is 9.50 Å². The van der Waals surface area contributed by atoms with Gasteiger partial charge in [0.1, 0.15) is 5.69 Å². The number of aromatic nitrogens is 4. The number of rotatable bonds is 2. The van der Waals surface area contributed by atoms with Crippen LogP contribution in [0.5, 0.6) is 0 Å². The summed E-state index contributed by atoms with van der Waals surface area (Å²) in [6.07, 6.45) is -0.631. The highest BCUT2D eigenvalue weighted by Gasteiger charge is 2.31. The molecule has 4 aromatic rings. The van der Waals surface area contributed by atoms with Gasteiger partial charge in [-0.1, -0.05) is 41.9 Å². The maximum Gasteiger partial charge on any atom is 0.417 e. The van der Waals surface area contributed by atoms with Crippen LogP contribution in [0.4, 0.5) is 13.2 Å². The fraction of sp³-hybridized carbons (Fsp3) is 0.0556. The third kappa shape index (κ3) is 3.30. The molecule has 0 unspecified atom stereocenters. The predicted molar refractivity (Wildman–Crippen MR) is 99.4 cm³/mol. The maximum atomic E-state index is 12.8. The number of halogens is 5. The number of nitrogens with zero attached hydrogens (tertiary/aromatic N) is 4. The zero-order valence-electron chi connectivity index (χ0n) is 13.4. The number of alkyl halides is 3. The van der Waals surface area contributed by atoms with E-state index in [1.165, 1.54) is 10.7 Å². The molecule has 3 heterocycles. The van der Waals surface area contributed by atoms with Crippen LogP contribution in [0.15, 0.2) is 59.5 Å². The molecule has 0 aliphatic rings. The van der Waals surface area contributed by atoms with Crippen LogP contribution in [-0.2, 0) is 6.18 Å². The van der Waals surface area contributed by atoms with Gasteiger partial charge in [0.2, 0.25) is 0 Å². The van der Waals surface area contributed by atoms with Crippen molar-refractivity contribution in [2.24, 2.45) is 0 Å². The summed E-state index contributed by atoms with van der Waals surface area (Å²) in [5.74, 6) is 0. The second kappa shape index (κ2) is 6.61. The van der Waals surface area contributed by atoms with Crippen LogP contribution in [0.3, 0.4) is 0 Å². The summed E-state index contributed by atoms with van der Waals surface area (Å²) in [7, 11) is 0. The molecule has 0 spiro atoms. The van der Waals surface area contributed by atoms with Crippen molar-refractivity contribution in [3.05, 3.63) is 70.0 Å². The number of fused-ring (bicyclic) bond motifs is 1. The van der Waals surface area contributed by atoms with Gasteiger partial charge in [-0.15, -0.1) is 0 Å². The molecule has 0 saturated heterocycles. The Kier molecular flexibility index (Phi) is 4.39. The zero-order valence-corrected chi connectivity index (χ0v) is 15.7. The highest BCUT2D eigenvalue weighted by Crippen LogP contribution is 2.35. The Bertz CT molecular complexity index is 1140. The summed E-state index contributed by atoms with van der Waals surface area (Å²) < 4.78 is 40.6. The number of pyridine rings is 1. The standard InChI is InChI=1S/C18H9BrClF3N4/c19-14-16(10-4-2-1-3-5-10)26-27-9-11(7-25-17(14)27)15-13(20)6-12(8-24-15)18(21,22)23/h1-9H. The number of hydrogen-bond acceptors (Lipinski definition) is 3. The Labute approximate surface area is 164 Å². The lowest BCUT2D eigenvalue weighted by Gasteiger charge is -2.09. The van der Waals surface area contributed by atoms with E-state index in [0.29, 0.717) is 21.4 Å². The van der Waals surface area contributed by atoms with Crippen molar-refractivity contribution < 1.29 is 13.2 Å². The predicted octanol–water partition coefficient (Wildman–Crippen LogP) is 5.89. The van der Waals surface area contributed by atoms with Gasteiger partial charge < -0.3 is 0 Å². The molecule has 3 aromatic heterocycles. The van der Waals surface area contributed by atoms with E-state index in [9.17, 15) is 13.2 Å². The molecule has 0 saturated carbocycles. The molecule has 0 amide bonds.